The van der Waals surface area contributed by atoms with Gasteiger partial charge in [0.15, 0.2) is 5.78 Å². The van der Waals surface area contributed by atoms with Crippen molar-refractivity contribution in [2.45, 2.75) is 27.3 Å². The lowest BCUT2D eigenvalue weighted by Gasteiger charge is -2.22. The fourth-order valence-electron chi connectivity index (χ4n) is 2.10. The van der Waals surface area contributed by atoms with Crippen LogP contribution in [0.15, 0.2) is 48.7 Å². The molecule has 1 aromatic carbocycles. The summed E-state index contributed by atoms with van der Waals surface area (Å²) in [6, 6.07) is 12.0. The Morgan fingerprint density at radius 2 is 1.80 bits per heavy atom. The van der Waals surface area contributed by atoms with E-state index in [2.05, 4.69) is 15.6 Å². The molecule has 2 amide bonds. The summed E-state index contributed by atoms with van der Waals surface area (Å²) in [4.78, 5) is 40.4. The molecule has 0 aliphatic carbocycles. The summed E-state index contributed by atoms with van der Waals surface area (Å²) in [6.45, 7) is 4.79. The van der Waals surface area contributed by atoms with Crippen molar-refractivity contribution in [3.8, 4) is 0 Å². The van der Waals surface area contributed by atoms with Gasteiger partial charge in [0.25, 0.3) is 0 Å². The van der Waals surface area contributed by atoms with Crippen LogP contribution >= 0.6 is 0 Å². The summed E-state index contributed by atoms with van der Waals surface area (Å²) in [5, 5.41) is 5.41. The molecule has 25 heavy (non-hydrogen) atoms. The van der Waals surface area contributed by atoms with Crippen molar-refractivity contribution in [2.75, 3.05) is 5.32 Å². The second-order valence-corrected chi connectivity index (χ2v) is 6.22. The predicted molar refractivity (Wildman–Crippen MR) is 94.9 cm³/mol. The van der Waals surface area contributed by atoms with E-state index in [9.17, 15) is 14.4 Å². The maximum Gasteiger partial charge on any atom is 0.239 e. The number of hydrogen-bond acceptors (Lipinski definition) is 4. The number of amides is 2. The minimum Gasteiger partial charge on any atom is -0.350 e. The number of benzene rings is 1. The van der Waals surface area contributed by atoms with Crippen LogP contribution in [-0.2, 0) is 16.1 Å². The Morgan fingerprint density at radius 3 is 2.44 bits per heavy atom. The lowest BCUT2D eigenvalue weighted by atomic mass is 9.91. The molecule has 2 aromatic rings. The molecule has 0 saturated carbocycles. The monoisotopic (exact) mass is 339 g/mol. The Balaban J connectivity index is 2.02. The molecule has 2 rings (SSSR count). The minimum atomic E-state index is -1.28. The van der Waals surface area contributed by atoms with E-state index in [-0.39, 0.29) is 12.3 Å². The first kappa shape index (κ1) is 18.3. The fraction of sp³-hybridized carbons (Fsp3) is 0.263. The van der Waals surface area contributed by atoms with Crippen molar-refractivity contribution in [3.63, 3.8) is 0 Å². The average Bonchev–Trinajstić information content (AvgIpc) is 2.60. The number of hydrogen-bond donors (Lipinski definition) is 2. The van der Waals surface area contributed by atoms with Crippen molar-refractivity contribution >= 4 is 23.3 Å². The second kappa shape index (κ2) is 7.70. The van der Waals surface area contributed by atoms with Gasteiger partial charge in [-0.1, -0.05) is 18.2 Å². The first-order valence-corrected chi connectivity index (χ1v) is 7.91. The maximum absolute atomic E-state index is 12.5. The third-order valence-corrected chi connectivity index (χ3v) is 3.82. The molecule has 1 aromatic heterocycles. The molecule has 1 heterocycles. The molecule has 6 heteroatoms. The third kappa shape index (κ3) is 4.73. The Labute approximate surface area is 146 Å². The van der Waals surface area contributed by atoms with E-state index < -0.39 is 17.2 Å². The molecule has 0 aliphatic heterocycles. The molecule has 0 fully saturated rings. The van der Waals surface area contributed by atoms with E-state index in [0.717, 1.165) is 0 Å². The largest absolute Gasteiger partial charge is 0.350 e. The van der Waals surface area contributed by atoms with Crippen LogP contribution in [0.5, 0.6) is 0 Å². The predicted octanol–water partition coefficient (Wildman–Crippen LogP) is 2.57. The molecule has 0 aliphatic rings. The highest BCUT2D eigenvalue weighted by molar-refractivity contribution is 6.10. The molecule has 0 atom stereocenters. The van der Waals surface area contributed by atoms with Gasteiger partial charge in [-0.05, 0) is 45.0 Å². The molecule has 0 radical (unpaired) electrons. The van der Waals surface area contributed by atoms with E-state index in [1.54, 1.807) is 56.4 Å². The van der Waals surface area contributed by atoms with Gasteiger partial charge < -0.3 is 10.6 Å². The molecule has 0 unspecified atom stereocenters. The van der Waals surface area contributed by atoms with Crippen molar-refractivity contribution in [2.24, 2.45) is 5.41 Å². The van der Waals surface area contributed by atoms with Crippen molar-refractivity contribution < 1.29 is 14.4 Å². The molecular weight excluding hydrogens is 318 g/mol. The highest BCUT2D eigenvalue weighted by Crippen LogP contribution is 2.20. The van der Waals surface area contributed by atoms with Crippen LogP contribution in [-0.4, -0.2) is 22.6 Å². The van der Waals surface area contributed by atoms with Crippen LogP contribution in [0, 0.1) is 5.41 Å². The van der Waals surface area contributed by atoms with E-state index in [0.29, 0.717) is 16.9 Å². The van der Waals surface area contributed by atoms with Gasteiger partial charge in [-0.25, -0.2) is 0 Å². The number of Topliss-reactive ketones (excluding diaryl/α,β-unsaturated/α-hetero) is 1. The lowest BCUT2D eigenvalue weighted by molar-refractivity contribution is -0.138. The number of nitrogens with zero attached hydrogens (tertiary/aromatic N) is 1. The quantitative estimate of drug-likeness (QED) is 0.625. The molecule has 0 bridgehead atoms. The van der Waals surface area contributed by atoms with Gasteiger partial charge in [0.1, 0.15) is 5.41 Å². The van der Waals surface area contributed by atoms with Crippen molar-refractivity contribution in [1.82, 2.24) is 10.3 Å². The topological polar surface area (TPSA) is 88.2 Å². The normalized spacial score (nSPS) is 10.8. The zero-order valence-electron chi connectivity index (χ0n) is 14.5. The zero-order valence-corrected chi connectivity index (χ0v) is 14.5. The lowest BCUT2D eigenvalue weighted by Crippen LogP contribution is -2.45. The number of pyridine rings is 1. The number of anilines is 1. The summed E-state index contributed by atoms with van der Waals surface area (Å²) in [5.41, 5.74) is 0.404. The minimum absolute atomic E-state index is 0.0940. The number of rotatable bonds is 6. The van der Waals surface area contributed by atoms with Gasteiger partial charge in [-0.15, -0.1) is 0 Å². The number of carbonyl (C=O) groups excluding carboxylic acids is 3. The van der Waals surface area contributed by atoms with Crippen LogP contribution in [0.1, 0.15) is 36.8 Å². The highest BCUT2D eigenvalue weighted by Gasteiger charge is 2.36. The second-order valence-electron chi connectivity index (χ2n) is 6.22. The number of nitrogens with one attached hydrogen (secondary N) is 2. The highest BCUT2D eigenvalue weighted by atomic mass is 16.2. The van der Waals surface area contributed by atoms with E-state index in [1.165, 1.54) is 6.92 Å². The van der Waals surface area contributed by atoms with Crippen LogP contribution in [0.4, 0.5) is 5.69 Å². The molecule has 130 valence electrons. The van der Waals surface area contributed by atoms with E-state index in [4.69, 9.17) is 0 Å². The standard InChI is InChI=1S/C19H21N3O3/c1-13(23)14-7-6-9-15(11-14)22-18(25)19(2,3)17(24)21-12-16-8-4-5-10-20-16/h4-11H,12H2,1-3H3,(H,21,24)(H,22,25). The van der Waals surface area contributed by atoms with Gasteiger partial charge in [0.05, 0.1) is 12.2 Å². The summed E-state index contributed by atoms with van der Waals surface area (Å²) in [5.74, 6) is -0.950. The number of aromatic nitrogens is 1. The van der Waals surface area contributed by atoms with Crippen LogP contribution in [0.2, 0.25) is 0 Å². The maximum atomic E-state index is 12.5. The average molecular weight is 339 g/mol. The van der Waals surface area contributed by atoms with Crippen molar-refractivity contribution in [1.29, 1.82) is 0 Å². The van der Waals surface area contributed by atoms with Crippen molar-refractivity contribution in [3.05, 3.63) is 59.9 Å². The summed E-state index contributed by atoms with van der Waals surface area (Å²) >= 11 is 0. The summed E-state index contributed by atoms with van der Waals surface area (Å²) in [7, 11) is 0. The van der Waals surface area contributed by atoms with E-state index >= 15 is 0 Å². The van der Waals surface area contributed by atoms with Gasteiger partial charge in [-0.2, -0.15) is 0 Å². The van der Waals surface area contributed by atoms with Crippen LogP contribution in [0.25, 0.3) is 0 Å². The molecule has 0 saturated heterocycles. The Kier molecular flexibility index (Phi) is 5.64. The number of ketones is 1. The molecule has 2 N–H and O–H groups in total. The fourth-order valence-corrected chi connectivity index (χ4v) is 2.10. The van der Waals surface area contributed by atoms with Gasteiger partial charge in [-0.3, -0.25) is 19.4 Å². The first-order chi connectivity index (χ1) is 11.8. The van der Waals surface area contributed by atoms with Gasteiger partial charge >= 0.3 is 0 Å². The summed E-state index contributed by atoms with van der Waals surface area (Å²) in [6.07, 6.45) is 1.64. The van der Waals surface area contributed by atoms with Gasteiger partial charge in [0.2, 0.25) is 11.8 Å². The third-order valence-electron chi connectivity index (χ3n) is 3.82. The molecular formula is C19H21N3O3. The Hall–Kier alpha value is -3.02. The number of carbonyl (C=O) groups is 3. The SMILES string of the molecule is CC(=O)c1cccc(NC(=O)C(C)(C)C(=O)NCc2ccccn2)c1. The first-order valence-electron chi connectivity index (χ1n) is 7.91. The van der Waals surface area contributed by atoms with Gasteiger partial charge in [0, 0.05) is 17.4 Å². The smallest absolute Gasteiger partial charge is 0.239 e. The van der Waals surface area contributed by atoms with Crippen LogP contribution in [0.3, 0.4) is 0 Å². The zero-order chi connectivity index (χ0) is 18.4. The van der Waals surface area contributed by atoms with Crippen LogP contribution < -0.4 is 10.6 Å². The Bertz CT molecular complexity index is 786. The summed E-state index contributed by atoms with van der Waals surface area (Å²) < 4.78 is 0. The van der Waals surface area contributed by atoms with E-state index in [1.807, 2.05) is 6.07 Å². The Morgan fingerprint density at radius 1 is 1.04 bits per heavy atom. The molecule has 0 spiro atoms. The molecule has 6 nitrogen and oxygen atoms in total.